The lowest BCUT2D eigenvalue weighted by molar-refractivity contribution is -0.150. The maximum absolute atomic E-state index is 12.7. The first-order valence-corrected chi connectivity index (χ1v) is 7.80. The zero-order valence-electron chi connectivity index (χ0n) is 11.6. The fourth-order valence-corrected chi connectivity index (χ4v) is 4.05. The third kappa shape index (κ3) is 2.49. The molecule has 0 aromatic carbocycles. The van der Waals surface area contributed by atoms with Gasteiger partial charge in [0.1, 0.15) is 5.54 Å². The Morgan fingerprint density at radius 3 is 2.42 bits per heavy atom. The van der Waals surface area contributed by atoms with Crippen LogP contribution in [0.4, 0.5) is 0 Å². The van der Waals surface area contributed by atoms with E-state index in [9.17, 15) is 9.59 Å². The van der Waals surface area contributed by atoms with Crippen molar-refractivity contribution in [1.29, 1.82) is 0 Å². The maximum atomic E-state index is 12.7. The van der Waals surface area contributed by atoms with Crippen molar-refractivity contribution in [1.82, 2.24) is 10.2 Å². The highest BCUT2D eigenvalue weighted by Gasteiger charge is 2.48. The first-order chi connectivity index (χ1) is 9.20. The van der Waals surface area contributed by atoms with Gasteiger partial charge < -0.3 is 10.2 Å². The van der Waals surface area contributed by atoms with Crippen molar-refractivity contribution in [3.63, 3.8) is 0 Å². The highest BCUT2D eigenvalue weighted by atomic mass is 16.2. The van der Waals surface area contributed by atoms with Crippen molar-refractivity contribution in [3.8, 4) is 0 Å². The molecule has 0 unspecified atom stereocenters. The standard InChI is InChI=1S/C15H24N2O2/c18-13-11-17(10-12-6-2-1-3-7-12)14(19)15(16-13)8-4-5-9-15/h12H,1-11H2,(H,16,18). The van der Waals surface area contributed by atoms with E-state index in [4.69, 9.17) is 0 Å². The molecule has 0 radical (unpaired) electrons. The van der Waals surface area contributed by atoms with Crippen molar-refractivity contribution in [2.45, 2.75) is 63.3 Å². The summed E-state index contributed by atoms with van der Waals surface area (Å²) in [4.78, 5) is 26.4. The fraction of sp³-hybridized carbons (Fsp3) is 0.867. The van der Waals surface area contributed by atoms with Crippen LogP contribution in [0.5, 0.6) is 0 Å². The maximum Gasteiger partial charge on any atom is 0.248 e. The molecule has 2 aliphatic carbocycles. The monoisotopic (exact) mass is 264 g/mol. The Morgan fingerprint density at radius 2 is 1.74 bits per heavy atom. The number of piperazine rings is 1. The quantitative estimate of drug-likeness (QED) is 0.827. The molecule has 0 aromatic rings. The normalized spacial score (nSPS) is 27.9. The molecule has 3 aliphatic rings. The van der Waals surface area contributed by atoms with Crippen LogP contribution in [0.2, 0.25) is 0 Å². The number of nitrogens with one attached hydrogen (secondary N) is 1. The highest BCUT2D eigenvalue weighted by molar-refractivity contribution is 5.98. The summed E-state index contributed by atoms with van der Waals surface area (Å²) < 4.78 is 0. The van der Waals surface area contributed by atoms with Crippen LogP contribution in [-0.4, -0.2) is 35.3 Å². The van der Waals surface area contributed by atoms with Gasteiger partial charge in [0.2, 0.25) is 11.8 Å². The number of rotatable bonds is 2. The van der Waals surface area contributed by atoms with Gasteiger partial charge in [-0.25, -0.2) is 0 Å². The molecule has 2 saturated carbocycles. The largest absolute Gasteiger partial charge is 0.340 e. The second-order valence-electron chi connectivity index (χ2n) is 6.53. The van der Waals surface area contributed by atoms with Gasteiger partial charge in [-0.15, -0.1) is 0 Å². The molecule has 1 heterocycles. The summed E-state index contributed by atoms with van der Waals surface area (Å²) in [6.07, 6.45) is 10.1. The third-order valence-electron chi connectivity index (χ3n) is 5.07. The Balaban J connectivity index is 1.69. The molecule has 4 heteroatoms. The average Bonchev–Trinajstić information content (AvgIpc) is 2.86. The van der Waals surface area contributed by atoms with Crippen LogP contribution in [-0.2, 0) is 9.59 Å². The summed E-state index contributed by atoms with van der Waals surface area (Å²) in [5.74, 6) is 0.842. The molecule has 1 aliphatic heterocycles. The Hall–Kier alpha value is -1.06. The Bertz CT molecular complexity index is 368. The first kappa shape index (κ1) is 12.9. The van der Waals surface area contributed by atoms with Crippen LogP contribution in [0.3, 0.4) is 0 Å². The van der Waals surface area contributed by atoms with Gasteiger partial charge >= 0.3 is 0 Å². The molecule has 0 bridgehead atoms. The zero-order chi connectivity index (χ0) is 13.3. The minimum atomic E-state index is -0.538. The van der Waals surface area contributed by atoms with Gasteiger partial charge in [-0.1, -0.05) is 32.1 Å². The fourth-order valence-electron chi connectivity index (χ4n) is 4.05. The summed E-state index contributed by atoms with van der Waals surface area (Å²) in [6.45, 7) is 1.07. The number of hydrogen-bond acceptors (Lipinski definition) is 2. The van der Waals surface area contributed by atoms with Crippen LogP contribution in [0, 0.1) is 5.92 Å². The van der Waals surface area contributed by atoms with E-state index in [1.54, 1.807) is 0 Å². The Kier molecular flexibility index (Phi) is 3.50. The molecule has 1 spiro atoms. The van der Waals surface area contributed by atoms with E-state index in [1.165, 1.54) is 32.1 Å². The van der Waals surface area contributed by atoms with E-state index in [0.717, 1.165) is 32.2 Å². The zero-order valence-corrected chi connectivity index (χ0v) is 11.6. The predicted molar refractivity (Wildman–Crippen MR) is 72.5 cm³/mol. The van der Waals surface area contributed by atoms with Crippen LogP contribution in [0.15, 0.2) is 0 Å². The molecular formula is C15H24N2O2. The molecule has 3 fully saturated rings. The predicted octanol–water partition coefficient (Wildman–Crippen LogP) is 1.84. The molecule has 106 valence electrons. The van der Waals surface area contributed by atoms with E-state index in [2.05, 4.69) is 5.32 Å². The van der Waals surface area contributed by atoms with Crippen molar-refractivity contribution in [3.05, 3.63) is 0 Å². The number of carbonyl (C=O) groups excluding carboxylic acids is 2. The third-order valence-corrected chi connectivity index (χ3v) is 5.07. The Labute approximate surface area is 114 Å². The summed E-state index contributed by atoms with van der Waals surface area (Å²) >= 11 is 0. The Morgan fingerprint density at radius 1 is 1.05 bits per heavy atom. The van der Waals surface area contributed by atoms with Gasteiger partial charge in [-0.2, -0.15) is 0 Å². The molecule has 19 heavy (non-hydrogen) atoms. The van der Waals surface area contributed by atoms with E-state index in [1.807, 2.05) is 4.90 Å². The lowest BCUT2D eigenvalue weighted by Gasteiger charge is -2.41. The first-order valence-electron chi connectivity index (χ1n) is 7.80. The van der Waals surface area contributed by atoms with Crippen molar-refractivity contribution in [2.75, 3.05) is 13.1 Å². The molecular weight excluding hydrogens is 240 g/mol. The molecule has 0 atom stereocenters. The summed E-state index contributed by atoms with van der Waals surface area (Å²) in [5.41, 5.74) is -0.538. The minimum Gasteiger partial charge on any atom is -0.340 e. The molecule has 3 rings (SSSR count). The molecule has 4 nitrogen and oxygen atoms in total. The smallest absolute Gasteiger partial charge is 0.248 e. The number of carbonyl (C=O) groups is 2. The average molecular weight is 264 g/mol. The van der Waals surface area contributed by atoms with E-state index >= 15 is 0 Å². The van der Waals surface area contributed by atoms with Gasteiger partial charge in [0.25, 0.3) is 0 Å². The van der Waals surface area contributed by atoms with Gasteiger partial charge in [-0.05, 0) is 31.6 Å². The molecule has 1 saturated heterocycles. The van der Waals surface area contributed by atoms with Gasteiger partial charge in [0.05, 0.1) is 6.54 Å². The molecule has 0 aromatic heterocycles. The highest BCUT2D eigenvalue weighted by Crippen LogP contribution is 2.34. The SMILES string of the molecule is O=C1CN(CC2CCCCC2)C(=O)C2(CCCC2)N1. The van der Waals surface area contributed by atoms with Crippen LogP contribution in [0.25, 0.3) is 0 Å². The summed E-state index contributed by atoms with van der Waals surface area (Å²) in [5, 5.41) is 2.98. The van der Waals surface area contributed by atoms with Crippen LogP contribution >= 0.6 is 0 Å². The van der Waals surface area contributed by atoms with E-state index in [-0.39, 0.29) is 18.4 Å². The summed E-state index contributed by atoms with van der Waals surface area (Å²) in [7, 11) is 0. The van der Waals surface area contributed by atoms with E-state index < -0.39 is 5.54 Å². The lowest BCUT2D eigenvalue weighted by Crippen LogP contribution is -2.66. The lowest BCUT2D eigenvalue weighted by atomic mass is 9.87. The van der Waals surface area contributed by atoms with Crippen molar-refractivity contribution >= 4 is 11.8 Å². The topological polar surface area (TPSA) is 49.4 Å². The molecule has 1 N–H and O–H groups in total. The van der Waals surface area contributed by atoms with Crippen LogP contribution in [0.1, 0.15) is 57.8 Å². The number of amides is 2. The van der Waals surface area contributed by atoms with Crippen LogP contribution < -0.4 is 5.32 Å². The van der Waals surface area contributed by atoms with Gasteiger partial charge in [0.15, 0.2) is 0 Å². The second-order valence-corrected chi connectivity index (χ2v) is 6.53. The van der Waals surface area contributed by atoms with Gasteiger partial charge in [-0.3, -0.25) is 9.59 Å². The van der Waals surface area contributed by atoms with Gasteiger partial charge in [0, 0.05) is 6.54 Å². The summed E-state index contributed by atoms with van der Waals surface area (Å²) in [6, 6.07) is 0. The number of hydrogen-bond donors (Lipinski definition) is 1. The van der Waals surface area contributed by atoms with Crippen molar-refractivity contribution < 1.29 is 9.59 Å². The van der Waals surface area contributed by atoms with E-state index in [0.29, 0.717) is 5.92 Å². The van der Waals surface area contributed by atoms with Crippen molar-refractivity contribution in [2.24, 2.45) is 5.92 Å². The molecule has 2 amide bonds. The number of nitrogens with zero attached hydrogens (tertiary/aromatic N) is 1. The minimum absolute atomic E-state index is 0.0392. The second kappa shape index (κ2) is 5.14.